The SMILES string of the molecule is CC(C)CC(CN(C)C)NC(=O)c1cn(CCN)cn1. The zero-order valence-corrected chi connectivity index (χ0v) is 13.0. The maximum Gasteiger partial charge on any atom is 0.271 e. The van der Waals surface area contributed by atoms with Crippen molar-refractivity contribution in [1.29, 1.82) is 0 Å². The van der Waals surface area contributed by atoms with Crippen LogP contribution in [-0.4, -0.2) is 53.6 Å². The van der Waals surface area contributed by atoms with Crippen LogP contribution in [0.4, 0.5) is 0 Å². The number of likely N-dealkylation sites (N-methyl/N-ethyl adjacent to an activating group) is 1. The molecular weight excluding hydrogens is 254 g/mol. The topological polar surface area (TPSA) is 76.2 Å². The molecule has 1 amide bonds. The summed E-state index contributed by atoms with van der Waals surface area (Å²) in [5, 5.41) is 3.06. The summed E-state index contributed by atoms with van der Waals surface area (Å²) in [6.45, 7) is 6.35. The molecule has 1 rings (SSSR count). The Bertz CT molecular complexity index is 403. The lowest BCUT2D eigenvalue weighted by Gasteiger charge is -2.23. The predicted molar refractivity (Wildman–Crippen MR) is 80.5 cm³/mol. The number of amides is 1. The quantitative estimate of drug-likeness (QED) is 0.729. The molecule has 0 aliphatic rings. The van der Waals surface area contributed by atoms with Gasteiger partial charge in [0.2, 0.25) is 0 Å². The first-order valence-electron chi connectivity index (χ1n) is 7.09. The van der Waals surface area contributed by atoms with E-state index in [9.17, 15) is 4.79 Å². The smallest absolute Gasteiger partial charge is 0.271 e. The van der Waals surface area contributed by atoms with Crippen molar-refractivity contribution in [2.75, 3.05) is 27.2 Å². The number of carbonyl (C=O) groups excluding carboxylic acids is 1. The van der Waals surface area contributed by atoms with Crippen LogP contribution in [0.1, 0.15) is 30.8 Å². The highest BCUT2D eigenvalue weighted by Gasteiger charge is 2.17. The van der Waals surface area contributed by atoms with Crippen LogP contribution < -0.4 is 11.1 Å². The van der Waals surface area contributed by atoms with E-state index < -0.39 is 0 Å². The van der Waals surface area contributed by atoms with Crippen LogP contribution >= 0.6 is 0 Å². The van der Waals surface area contributed by atoms with Crippen LogP contribution in [0.5, 0.6) is 0 Å². The third-order valence-corrected chi connectivity index (χ3v) is 2.93. The van der Waals surface area contributed by atoms with Crippen molar-refractivity contribution >= 4 is 5.91 Å². The lowest BCUT2D eigenvalue weighted by Crippen LogP contribution is -2.42. The maximum absolute atomic E-state index is 12.2. The molecule has 0 aliphatic carbocycles. The van der Waals surface area contributed by atoms with Gasteiger partial charge in [-0.2, -0.15) is 0 Å². The molecule has 1 aromatic rings. The Kier molecular flexibility index (Phi) is 6.67. The molecule has 0 saturated carbocycles. The van der Waals surface area contributed by atoms with Crippen LogP contribution in [0, 0.1) is 5.92 Å². The van der Waals surface area contributed by atoms with Crippen LogP contribution in [0.3, 0.4) is 0 Å². The first kappa shape index (κ1) is 16.7. The summed E-state index contributed by atoms with van der Waals surface area (Å²) in [5.74, 6) is 0.420. The standard InChI is InChI=1S/C14H27N5O/c1-11(2)7-12(8-18(3)4)17-14(20)13-9-19(6-5-15)10-16-13/h9-12H,5-8,15H2,1-4H3,(H,17,20). The highest BCUT2D eigenvalue weighted by molar-refractivity contribution is 5.92. The number of carbonyl (C=O) groups is 1. The molecule has 6 nitrogen and oxygen atoms in total. The minimum absolute atomic E-state index is 0.117. The second kappa shape index (κ2) is 8.01. The van der Waals surface area contributed by atoms with E-state index in [2.05, 4.69) is 29.0 Å². The predicted octanol–water partition coefficient (Wildman–Crippen LogP) is 0.548. The van der Waals surface area contributed by atoms with E-state index >= 15 is 0 Å². The molecule has 3 N–H and O–H groups in total. The third-order valence-electron chi connectivity index (χ3n) is 2.93. The van der Waals surface area contributed by atoms with Crippen molar-refractivity contribution < 1.29 is 4.79 Å². The summed E-state index contributed by atoms with van der Waals surface area (Å²) in [5.41, 5.74) is 5.93. The highest BCUT2D eigenvalue weighted by atomic mass is 16.2. The van der Waals surface area contributed by atoms with Gasteiger partial charge in [-0.25, -0.2) is 4.98 Å². The molecule has 1 atom stereocenters. The van der Waals surface area contributed by atoms with Gasteiger partial charge in [-0.05, 0) is 26.4 Å². The van der Waals surface area contributed by atoms with Gasteiger partial charge in [0, 0.05) is 31.9 Å². The summed E-state index contributed by atoms with van der Waals surface area (Å²) in [6, 6.07) is 0.136. The highest BCUT2D eigenvalue weighted by Crippen LogP contribution is 2.07. The number of nitrogens with zero attached hydrogens (tertiary/aromatic N) is 3. The number of hydrogen-bond donors (Lipinski definition) is 2. The van der Waals surface area contributed by atoms with Gasteiger partial charge in [0.05, 0.1) is 6.33 Å². The molecule has 1 aromatic heterocycles. The minimum atomic E-state index is -0.117. The molecule has 0 fully saturated rings. The Balaban J connectivity index is 2.63. The maximum atomic E-state index is 12.2. The first-order chi connectivity index (χ1) is 9.42. The zero-order valence-electron chi connectivity index (χ0n) is 13.0. The molecule has 6 heteroatoms. The zero-order chi connectivity index (χ0) is 15.1. The Hall–Kier alpha value is -1.40. The van der Waals surface area contributed by atoms with Crippen LogP contribution in [0.25, 0.3) is 0 Å². The number of nitrogens with one attached hydrogen (secondary N) is 1. The number of imidazole rings is 1. The van der Waals surface area contributed by atoms with Gasteiger partial charge in [-0.1, -0.05) is 13.8 Å². The molecule has 0 radical (unpaired) electrons. The molecule has 0 aromatic carbocycles. The summed E-state index contributed by atoms with van der Waals surface area (Å²) in [7, 11) is 4.02. The van der Waals surface area contributed by atoms with Gasteiger partial charge >= 0.3 is 0 Å². The van der Waals surface area contributed by atoms with E-state index in [0.717, 1.165) is 13.0 Å². The van der Waals surface area contributed by atoms with Gasteiger partial charge in [-0.15, -0.1) is 0 Å². The van der Waals surface area contributed by atoms with E-state index in [1.165, 1.54) is 0 Å². The molecule has 0 saturated heterocycles. The third kappa shape index (κ3) is 5.71. The molecule has 0 bridgehead atoms. The molecule has 0 aliphatic heterocycles. The fourth-order valence-electron chi connectivity index (χ4n) is 2.20. The van der Waals surface area contributed by atoms with Gasteiger partial charge in [0.25, 0.3) is 5.91 Å². The van der Waals surface area contributed by atoms with Crippen LogP contribution in [0.15, 0.2) is 12.5 Å². The summed E-state index contributed by atoms with van der Waals surface area (Å²) < 4.78 is 1.83. The normalized spacial score (nSPS) is 12.9. The molecular formula is C14H27N5O. The van der Waals surface area contributed by atoms with Crippen molar-refractivity contribution in [3.63, 3.8) is 0 Å². The van der Waals surface area contributed by atoms with E-state index in [1.54, 1.807) is 12.5 Å². The second-order valence-electron chi connectivity index (χ2n) is 5.85. The van der Waals surface area contributed by atoms with Crippen molar-refractivity contribution in [2.45, 2.75) is 32.9 Å². The van der Waals surface area contributed by atoms with Crippen molar-refractivity contribution in [3.8, 4) is 0 Å². The van der Waals surface area contributed by atoms with Crippen molar-refractivity contribution in [1.82, 2.24) is 19.8 Å². The second-order valence-corrected chi connectivity index (χ2v) is 5.85. The molecule has 0 spiro atoms. The summed E-state index contributed by atoms with van der Waals surface area (Å²) in [4.78, 5) is 18.4. The van der Waals surface area contributed by atoms with Gasteiger partial charge in [0.15, 0.2) is 0 Å². The summed E-state index contributed by atoms with van der Waals surface area (Å²) in [6.07, 6.45) is 4.34. The van der Waals surface area contributed by atoms with Crippen LogP contribution in [-0.2, 0) is 6.54 Å². The minimum Gasteiger partial charge on any atom is -0.347 e. The first-order valence-corrected chi connectivity index (χ1v) is 7.09. The molecule has 1 unspecified atom stereocenters. The molecule has 114 valence electrons. The van der Waals surface area contributed by atoms with Crippen molar-refractivity contribution in [3.05, 3.63) is 18.2 Å². The number of nitrogens with two attached hydrogens (primary N) is 1. The lowest BCUT2D eigenvalue weighted by molar-refractivity contribution is 0.0920. The number of aromatic nitrogens is 2. The Morgan fingerprint density at radius 1 is 1.50 bits per heavy atom. The summed E-state index contributed by atoms with van der Waals surface area (Å²) >= 11 is 0. The average Bonchev–Trinajstić information content (AvgIpc) is 2.76. The number of rotatable bonds is 8. The van der Waals surface area contributed by atoms with Gasteiger partial charge in [-0.3, -0.25) is 4.79 Å². The van der Waals surface area contributed by atoms with Gasteiger partial charge < -0.3 is 20.5 Å². The van der Waals surface area contributed by atoms with Crippen molar-refractivity contribution in [2.24, 2.45) is 11.7 Å². The van der Waals surface area contributed by atoms with Gasteiger partial charge in [0.1, 0.15) is 5.69 Å². The Morgan fingerprint density at radius 2 is 2.20 bits per heavy atom. The largest absolute Gasteiger partial charge is 0.347 e. The Morgan fingerprint density at radius 3 is 2.75 bits per heavy atom. The lowest BCUT2D eigenvalue weighted by atomic mass is 10.0. The molecule has 20 heavy (non-hydrogen) atoms. The van der Waals surface area contributed by atoms with E-state index in [1.807, 2.05) is 18.7 Å². The van der Waals surface area contributed by atoms with E-state index in [0.29, 0.717) is 24.7 Å². The number of hydrogen-bond acceptors (Lipinski definition) is 4. The fraction of sp³-hybridized carbons (Fsp3) is 0.714. The monoisotopic (exact) mass is 281 g/mol. The fourth-order valence-corrected chi connectivity index (χ4v) is 2.20. The van der Waals surface area contributed by atoms with Crippen LogP contribution in [0.2, 0.25) is 0 Å². The Labute approximate surface area is 121 Å². The van der Waals surface area contributed by atoms with E-state index in [4.69, 9.17) is 5.73 Å². The molecule has 1 heterocycles. The van der Waals surface area contributed by atoms with E-state index in [-0.39, 0.29) is 11.9 Å². The average molecular weight is 281 g/mol.